The molecule has 0 unspecified atom stereocenters. The van der Waals surface area contributed by atoms with Crippen LogP contribution in [0.15, 0.2) is 30.3 Å². The number of rotatable bonds is 5. The fourth-order valence-electron chi connectivity index (χ4n) is 3.83. The van der Waals surface area contributed by atoms with Gasteiger partial charge in [0, 0.05) is 29.9 Å². The largest absolute Gasteiger partial charge is 0.459 e. The van der Waals surface area contributed by atoms with Crippen LogP contribution in [-0.2, 0) is 9.53 Å². The zero-order valence-electron chi connectivity index (χ0n) is 16.6. The normalized spacial score (nSPS) is 25.7. The molecule has 0 saturated carbocycles. The van der Waals surface area contributed by atoms with Crippen molar-refractivity contribution < 1.29 is 9.53 Å². The second-order valence-electron chi connectivity index (χ2n) is 8.66. The summed E-state index contributed by atoms with van der Waals surface area (Å²) in [6, 6.07) is -0.0673. The van der Waals surface area contributed by atoms with Crippen molar-refractivity contribution in [2.45, 2.75) is 70.6 Å². The van der Waals surface area contributed by atoms with Gasteiger partial charge in [0.05, 0.1) is 6.04 Å². The van der Waals surface area contributed by atoms with Gasteiger partial charge in [-0.2, -0.15) is 0 Å². The van der Waals surface area contributed by atoms with Gasteiger partial charge in [-0.3, -0.25) is 10.1 Å². The molecule has 0 amide bonds. The molecule has 146 valence electrons. The van der Waals surface area contributed by atoms with E-state index in [-0.39, 0.29) is 17.9 Å². The number of esters is 1. The summed E-state index contributed by atoms with van der Waals surface area (Å²) in [5.41, 5.74) is -0.273. The first-order valence-corrected chi connectivity index (χ1v) is 10.2. The average Bonchev–Trinajstić information content (AvgIpc) is 3.21. The number of aromatic nitrogens is 3. The molecule has 0 spiro atoms. The van der Waals surface area contributed by atoms with Gasteiger partial charge >= 0.3 is 5.97 Å². The van der Waals surface area contributed by atoms with Crippen LogP contribution in [0.5, 0.6) is 0 Å². The van der Waals surface area contributed by atoms with Crippen LogP contribution in [0.4, 0.5) is 0 Å². The molecule has 7 heteroatoms. The fraction of sp³-hybridized carbons (Fsp3) is 0.600. The van der Waals surface area contributed by atoms with Crippen molar-refractivity contribution in [2.24, 2.45) is 5.92 Å². The molecular formula is C20H28N4O2S. The Labute approximate surface area is 164 Å². The van der Waals surface area contributed by atoms with Crippen molar-refractivity contribution >= 4 is 17.3 Å². The highest BCUT2D eigenvalue weighted by Crippen LogP contribution is 2.47. The molecule has 3 rings (SSSR count). The molecule has 6 nitrogen and oxygen atoms in total. The average molecular weight is 389 g/mol. The monoisotopic (exact) mass is 388 g/mol. The number of hydrogen-bond donors (Lipinski definition) is 1. The number of hydrogen-bond acceptors (Lipinski definition) is 7. The molecule has 3 heterocycles. The number of nitrogens with one attached hydrogen (secondary N) is 1. The molecule has 0 radical (unpaired) electrons. The second-order valence-corrected chi connectivity index (χ2v) is 9.58. The third-order valence-corrected chi connectivity index (χ3v) is 5.53. The van der Waals surface area contributed by atoms with E-state index in [1.807, 2.05) is 38.5 Å². The van der Waals surface area contributed by atoms with E-state index in [4.69, 9.17) is 4.74 Å². The van der Waals surface area contributed by atoms with E-state index < -0.39 is 11.1 Å². The minimum atomic E-state index is -0.752. The first-order valence-electron chi connectivity index (χ1n) is 9.36. The van der Waals surface area contributed by atoms with Gasteiger partial charge in [0.15, 0.2) is 0 Å². The number of ether oxygens (including phenoxy) is 1. The van der Waals surface area contributed by atoms with Gasteiger partial charge in [0.25, 0.3) is 0 Å². The van der Waals surface area contributed by atoms with E-state index in [1.54, 1.807) is 17.5 Å². The van der Waals surface area contributed by atoms with Crippen molar-refractivity contribution in [3.05, 3.63) is 40.9 Å². The number of carbonyl (C=O) groups is 1. The highest BCUT2D eigenvalue weighted by atomic mass is 32.1. The predicted octanol–water partition coefficient (Wildman–Crippen LogP) is 3.88. The Morgan fingerprint density at radius 2 is 2.07 bits per heavy atom. The van der Waals surface area contributed by atoms with Gasteiger partial charge in [0.1, 0.15) is 22.5 Å². The van der Waals surface area contributed by atoms with Crippen LogP contribution in [0.3, 0.4) is 0 Å². The Kier molecular flexibility index (Phi) is 5.63. The van der Waals surface area contributed by atoms with E-state index in [0.717, 1.165) is 10.6 Å². The lowest BCUT2D eigenvalue weighted by atomic mass is 9.82. The molecule has 1 saturated heterocycles. The topological polar surface area (TPSA) is 77.0 Å². The molecule has 0 aromatic carbocycles. The Morgan fingerprint density at radius 3 is 2.63 bits per heavy atom. The lowest BCUT2D eigenvalue weighted by Crippen LogP contribution is -2.52. The first-order chi connectivity index (χ1) is 12.7. The van der Waals surface area contributed by atoms with E-state index in [9.17, 15) is 4.79 Å². The summed E-state index contributed by atoms with van der Waals surface area (Å²) >= 11 is 1.60. The van der Waals surface area contributed by atoms with E-state index in [2.05, 4.69) is 34.1 Å². The zero-order valence-corrected chi connectivity index (χ0v) is 17.4. The Hall–Kier alpha value is -1.86. The summed E-state index contributed by atoms with van der Waals surface area (Å²) in [7, 11) is 0. The van der Waals surface area contributed by atoms with Gasteiger partial charge in [-0.25, -0.2) is 15.0 Å². The molecule has 0 aliphatic carbocycles. The van der Waals surface area contributed by atoms with Crippen LogP contribution in [0.25, 0.3) is 0 Å². The van der Waals surface area contributed by atoms with Gasteiger partial charge in [-0.15, -0.1) is 11.3 Å². The van der Waals surface area contributed by atoms with Crippen molar-refractivity contribution in [1.82, 2.24) is 20.3 Å². The SMILES string of the molecule is CC(C)C[C@@]1(C(=O)OC(C)(C)C)C[C@H](c2cncnc2)[C@H](c2nccs2)N1. The standard InChI is InChI=1S/C20H28N4O2S/c1-13(2)8-20(18(25)26-19(3,4)5)9-15(14-10-21-12-22-11-14)16(24-20)17-23-6-7-27-17/h6-7,10-13,15-16,24H,8-9H2,1-5H3/t15-,16-,20+/m1/s1. The van der Waals surface area contributed by atoms with Crippen molar-refractivity contribution in [1.29, 1.82) is 0 Å². The molecule has 1 aliphatic heterocycles. The van der Waals surface area contributed by atoms with Crippen LogP contribution in [0.2, 0.25) is 0 Å². The Morgan fingerprint density at radius 1 is 1.37 bits per heavy atom. The summed E-state index contributed by atoms with van der Waals surface area (Å²) in [5.74, 6) is 0.209. The fourth-order valence-corrected chi connectivity index (χ4v) is 4.58. The van der Waals surface area contributed by atoms with Crippen molar-refractivity contribution in [3.63, 3.8) is 0 Å². The Balaban J connectivity index is 2.00. The molecule has 1 N–H and O–H groups in total. The summed E-state index contributed by atoms with van der Waals surface area (Å²) < 4.78 is 5.83. The van der Waals surface area contributed by atoms with Gasteiger partial charge in [0.2, 0.25) is 0 Å². The molecule has 3 atom stereocenters. The lowest BCUT2D eigenvalue weighted by Gasteiger charge is -2.33. The van der Waals surface area contributed by atoms with Crippen LogP contribution >= 0.6 is 11.3 Å². The molecule has 2 aromatic rings. The molecule has 1 aliphatic rings. The third kappa shape index (κ3) is 4.52. The van der Waals surface area contributed by atoms with Crippen LogP contribution in [0.1, 0.15) is 70.0 Å². The molecule has 27 heavy (non-hydrogen) atoms. The minimum Gasteiger partial charge on any atom is -0.459 e. The molecule has 0 bridgehead atoms. The van der Waals surface area contributed by atoms with Crippen LogP contribution < -0.4 is 5.32 Å². The smallest absolute Gasteiger partial charge is 0.326 e. The zero-order chi connectivity index (χ0) is 19.7. The first kappa shape index (κ1) is 19.9. The van der Waals surface area contributed by atoms with Gasteiger partial charge in [-0.1, -0.05) is 13.8 Å². The van der Waals surface area contributed by atoms with Crippen molar-refractivity contribution in [3.8, 4) is 0 Å². The summed E-state index contributed by atoms with van der Waals surface area (Å²) in [6.45, 7) is 9.98. The number of thiazole rings is 1. The Bertz CT molecular complexity index is 758. The van der Waals surface area contributed by atoms with Crippen molar-refractivity contribution in [2.75, 3.05) is 0 Å². The third-order valence-electron chi connectivity index (χ3n) is 4.68. The lowest BCUT2D eigenvalue weighted by molar-refractivity contribution is -0.163. The summed E-state index contributed by atoms with van der Waals surface area (Å²) in [6.07, 6.45) is 8.34. The molecular weight excluding hydrogens is 360 g/mol. The minimum absolute atomic E-state index is 0.0589. The summed E-state index contributed by atoms with van der Waals surface area (Å²) in [5, 5.41) is 6.56. The van der Waals surface area contributed by atoms with E-state index >= 15 is 0 Å². The highest BCUT2D eigenvalue weighted by molar-refractivity contribution is 7.09. The maximum absolute atomic E-state index is 13.3. The quantitative estimate of drug-likeness (QED) is 0.784. The number of nitrogens with zero attached hydrogens (tertiary/aromatic N) is 3. The van der Waals surface area contributed by atoms with E-state index in [1.165, 1.54) is 6.33 Å². The van der Waals surface area contributed by atoms with E-state index in [0.29, 0.717) is 18.8 Å². The van der Waals surface area contributed by atoms with Gasteiger partial charge < -0.3 is 4.74 Å². The predicted molar refractivity (Wildman–Crippen MR) is 105 cm³/mol. The molecule has 1 fully saturated rings. The molecule has 2 aromatic heterocycles. The van der Waals surface area contributed by atoms with Gasteiger partial charge in [-0.05, 0) is 45.1 Å². The maximum Gasteiger partial charge on any atom is 0.326 e. The van der Waals surface area contributed by atoms with Crippen LogP contribution in [0, 0.1) is 5.92 Å². The highest BCUT2D eigenvalue weighted by Gasteiger charge is 2.53. The number of carbonyl (C=O) groups excluding carboxylic acids is 1. The summed E-state index contributed by atoms with van der Waals surface area (Å²) in [4.78, 5) is 26.2. The second kappa shape index (κ2) is 7.64. The maximum atomic E-state index is 13.3. The van der Waals surface area contributed by atoms with Crippen LogP contribution in [-0.4, -0.2) is 32.1 Å².